The van der Waals surface area contributed by atoms with Gasteiger partial charge in [-0.1, -0.05) is 0 Å². The standard InChI is InChI=1S/C14H23N5/c1-10-11(2)17-18-14(16-10)19-7-5-13(6-8-19)15-9-12-3-4-12/h12-13,15H,3-9H2,1-2H3. The highest BCUT2D eigenvalue weighted by Gasteiger charge is 2.25. The summed E-state index contributed by atoms with van der Waals surface area (Å²) in [6, 6.07) is 0.677. The van der Waals surface area contributed by atoms with Crippen molar-refractivity contribution in [1.29, 1.82) is 0 Å². The molecule has 0 spiro atoms. The van der Waals surface area contributed by atoms with Crippen LogP contribution in [0.15, 0.2) is 0 Å². The normalized spacial score (nSPS) is 20.8. The van der Waals surface area contributed by atoms with Crippen molar-refractivity contribution in [3.05, 3.63) is 11.4 Å². The Morgan fingerprint density at radius 3 is 2.42 bits per heavy atom. The number of aromatic nitrogens is 3. The largest absolute Gasteiger partial charge is 0.339 e. The minimum atomic E-state index is 0.677. The van der Waals surface area contributed by atoms with Crippen molar-refractivity contribution in [3.63, 3.8) is 0 Å². The second-order valence-corrected chi connectivity index (χ2v) is 5.90. The maximum atomic E-state index is 4.54. The van der Waals surface area contributed by atoms with Gasteiger partial charge in [0.15, 0.2) is 0 Å². The Bertz CT molecular complexity index is 435. The minimum absolute atomic E-state index is 0.677. The van der Waals surface area contributed by atoms with Crippen LogP contribution >= 0.6 is 0 Å². The molecule has 0 radical (unpaired) electrons. The predicted octanol–water partition coefficient (Wildman–Crippen LogP) is 1.46. The van der Waals surface area contributed by atoms with Crippen LogP contribution in [0.5, 0.6) is 0 Å². The van der Waals surface area contributed by atoms with Crippen molar-refractivity contribution in [2.45, 2.75) is 45.6 Å². The van der Waals surface area contributed by atoms with Crippen molar-refractivity contribution in [2.75, 3.05) is 24.5 Å². The number of nitrogens with zero attached hydrogens (tertiary/aromatic N) is 4. The van der Waals surface area contributed by atoms with Gasteiger partial charge in [-0.25, -0.2) is 4.98 Å². The molecule has 1 aromatic rings. The van der Waals surface area contributed by atoms with Crippen LogP contribution in [0.4, 0.5) is 5.95 Å². The highest BCUT2D eigenvalue weighted by atomic mass is 15.3. The van der Waals surface area contributed by atoms with Crippen molar-refractivity contribution in [1.82, 2.24) is 20.5 Å². The molecule has 3 rings (SSSR count). The molecule has 1 N–H and O–H groups in total. The molecule has 2 aliphatic rings. The number of hydrogen-bond acceptors (Lipinski definition) is 5. The summed E-state index contributed by atoms with van der Waals surface area (Å²) in [4.78, 5) is 6.80. The number of rotatable bonds is 4. The monoisotopic (exact) mass is 261 g/mol. The molecular formula is C14H23N5. The number of anilines is 1. The summed E-state index contributed by atoms with van der Waals surface area (Å²) in [6.45, 7) is 7.23. The van der Waals surface area contributed by atoms with Gasteiger partial charge in [0.1, 0.15) is 0 Å². The zero-order valence-corrected chi connectivity index (χ0v) is 11.9. The Hall–Kier alpha value is -1.23. The summed E-state index contributed by atoms with van der Waals surface area (Å²) >= 11 is 0. The first-order chi connectivity index (χ1) is 9.22. The molecule has 0 amide bonds. The average molecular weight is 261 g/mol. The maximum Gasteiger partial charge on any atom is 0.245 e. The first-order valence-corrected chi connectivity index (χ1v) is 7.38. The van der Waals surface area contributed by atoms with Gasteiger partial charge in [-0.05, 0) is 52.0 Å². The van der Waals surface area contributed by atoms with E-state index in [0.29, 0.717) is 6.04 Å². The van der Waals surface area contributed by atoms with E-state index in [4.69, 9.17) is 0 Å². The van der Waals surface area contributed by atoms with E-state index in [-0.39, 0.29) is 0 Å². The van der Waals surface area contributed by atoms with Gasteiger partial charge in [-0.15, -0.1) is 5.10 Å². The van der Waals surface area contributed by atoms with E-state index in [1.165, 1.54) is 32.2 Å². The van der Waals surface area contributed by atoms with Gasteiger partial charge < -0.3 is 10.2 Å². The van der Waals surface area contributed by atoms with E-state index >= 15 is 0 Å². The third-order valence-corrected chi connectivity index (χ3v) is 4.25. The summed E-state index contributed by atoms with van der Waals surface area (Å²) in [6.07, 6.45) is 5.22. The maximum absolute atomic E-state index is 4.54. The number of aryl methyl sites for hydroxylation is 2. The molecule has 1 saturated carbocycles. The second-order valence-electron chi connectivity index (χ2n) is 5.90. The van der Waals surface area contributed by atoms with E-state index in [0.717, 1.165) is 36.3 Å². The molecule has 0 aromatic carbocycles. The molecule has 0 atom stereocenters. The first kappa shape index (κ1) is 12.8. The highest BCUT2D eigenvalue weighted by molar-refractivity contribution is 5.30. The van der Waals surface area contributed by atoms with E-state index in [9.17, 15) is 0 Å². The fraction of sp³-hybridized carbons (Fsp3) is 0.786. The lowest BCUT2D eigenvalue weighted by Crippen LogP contribution is -2.43. The molecule has 19 heavy (non-hydrogen) atoms. The lowest BCUT2D eigenvalue weighted by atomic mass is 10.1. The summed E-state index contributed by atoms with van der Waals surface area (Å²) in [5.41, 5.74) is 1.91. The molecule has 5 nitrogen and oxygen atoms in total. The molecule has 1 aromatic heterocycles. The van der Waals surface area contributed by atoms with Gasteiger partial charge >= 0.3 is 0 Å². The topological polar surface area (TPSA) is 53.9 Å². The first-order valence-electron chi connectivity index (χ1n) is 7.38. The van der Waals surface area contributed by atoms with Crippen LogP contribution in [0.1, 0.15) is 37.1 Å². The number of piperidine rings is 1. The van der Waals surface area contributed by atoms with Gasteiger partial charge in [0, 0.05) is 19.1 Å². The molecule has 104 valence electrons. The van der Waals surface area contributed by atoms with Gasteiger partial charge in [-0.2, -0.15) is 5.10 Å². The summed E-state index contributed by atoms with van der Waals surface area (Å²) in [7, 11) is 0. The molecule has 5 heteroatoms. The molecule has 0 unspecified atom stereocenters. The van der Waals surface area contributed by atoms with Gasteiger partial charge in [0.25, 0.3) is 0 Å². The summed E-state index contributed by atoms with van der Waals surface area (Å²) in [5.74, 6) is 1.76. The number of nitrogens with one attached hydrogen (secondary N) is 1. The predicted molar refractivity (Wildman–Crippen MR) is 75.3 cm³/mol. The zero-order valence-electron chi connectivity index (χ0n) is 11.9. The third kappa shape index (κ3) is 3.21. The second kappa shape index (κ2) is 5.41. The van der Waals surface area contributed by atoms with E-state index < -0.39 is 0 Å². The lowest BCUT2D eigenvalue weighted by molar-refractivity contribution is 0.405. The van der Waals surface area contributed by atoms with Crippen molar-refractivity contribution >= 4 is 5.95 Å². The lowest BCUT2D eigenvalue weighted by Gasteiger charge is -2.32. The Kier molecular flexibility index (Phi) is 3.64. The van der Waals surface area contributed by atoms with Crippen molar-refractivity contribution in [3.8, 4) is 0 Å². The third-order valence-electron chi connectivity index (χ3n) is 4.25. The van der Waals surface area contributed by atoms with Gasteiger partial charge in [-0.3, -0.25) is 0 Å². The van der Waals surface area contributed by atoms with Crippen LogP contribution in [0.2, 0.25) is 0 Å². The van der Waals surface area contributed by atoms with Crippen LogP contribution in [0.3, 0.4) is 0 Å². The van der Waals surface area contributed by atoms with Crippen LogP contribution in [-0.4, -0.2) is 40.9 Å². The zero-order chi connectivity index (χ0) is 13.2. The van der Waals surface area contributed by atoms with E-state index in [1.807, 2.05) is 13.8 Å². The Labute approximate surface area is 114 Å². The van der Waals surface area contributed by atoms with Crippen molar-refractivity contribution in [2.24, 2.45) is 5.92 Å². The molecule has 1 saturated heterocycles. The van der Waals surface area contributed by atoms with Crippen LogP contribution in [-0.2, 0) is 0 Å². The molecule has 1 aliphatic carbocycles. The van der Waals surface area contributed by atoms with E-state index in [1.54, 1.807) is 0 Å². The summed E-state index contributed by atoms with van der Waals surface area (Å²) < 4.78 is 0. The summed E-state index contributed by atoms with van der Waals surface area (Å²) in [5, 5.41) is 12.1. The van der Waals surface area contributed by atoms with Crippen molar-refractivity contribution < 1.29 is 0 Å². The molecule has 0 bridgehead atoms. The quantitative estimate of drug-likeness (QED) is 0.889. The van der Waals surface area contributed by atoms with E-state index in [2.05, 4.69) is 25.4 Å². The Morgan fingerprint density at radius 2 is 1.79 bits per heavy atom. The average Bonchev–Trinajstić information content (AvgIpc) is 3.24. The minimum Gasteiger partial charge on any atom is -0.339 e. The van der Waals surface area contributed by atoms with Gasteiger partial charge in [0.05, 0.1) is 11.4 Å². The molecule has 2 fully saturated rings. The van der Waals surface area contributed by atoms with Gasteiger partial charge in [0.2, 0.25) is 5.95 Å². The van der Waals surface area contributed by atoms with Crippen LogP contribution in [0.25, 0.3) is 0 Å². The fourth-order valence-corrected chi connectivity index (χ4v) is 2.52. The fourth-order valence-electron chi connectivity index (χ4n) is 2.52. The van der Waals surface area contributed by atoms with Crippen LogP contribution in [0, 0.1) is 19.8 Å². The Balaban J connectivity index is 1.52. The highest BCUT2D eigenvalue weighted by Crippen LogP contribution is 2.28. The smallest absolute Gasteiger partial charge is 0.245 e. The molecule has 2 heterocycles. The molecular weight excluding hydrogens is 238 g/mol. The SMILES string of the molecule is Cc1nnc(N2CCC(NCC3CC3)CC2)nc1C. The molecule has 1 aliphatic heterocycles. The number of hydrogen-bond donors (Lipinski definition) is 1. The Morgan fingerprint density at radius 1 is 1.05 bits per heavy atom. The van der Waals surface area contributed by atoms with Crippen LogP contribution < -0.4 is 10.2 Å².